The van der Waals surface area contributed by atoms with Gasteiger partial charge >= 0.3 is 0 Å². The molecule has 0 fully saturated rings. The van der Waals surface area contributed by atoms with Gasteiger partial charge in [0.05, 0.1) is 12.3 Å². The van der Waals surface area contributed by atoms with E-state index in [2.05, 4.69) is 6.58 Å². The molecule has 24 heavy (non-hydrogen) atoms. The van der Waals surface area contributed by atoms with E-state index in [1.54, 1.807) is 12.1 Å². The van der Waals surface area contributed by atoms with Gasteiger partial charge in [0, 0.05) is 17.5 Å². The van der Waals surface area contributed by atoms with E-state index in [0.29, 0.717) is 29.7 Å². The highest BCUT2D eigenvalue weighted by Crippen LogP contribution is 2.32. The minimum Gasteiger partial charge on any atom is -0.508 e. The van der Waals surface area contributed by atoms with Gasteiger partial charge in [-0.25, -0.2) is 0 Å². The van der Waals surface area contributed by atoms with Crippen LogP contribution in [-0.4, -0.2) is 33.5 Å². The monoisotopic (exact) mass is 332 g/mol. The number of carbonyl (C=O) groups is 2. The van der Waals surface area contributed by atoms with Crippen molar-refractivity contribution in [1.29, 1.82) is 0 Å². The highest BCUT2D eigenvalue weighted by atomic mass is 16.5. The third-order valence-electron chi connectivity index (χ3n) is 3.82. The molecule has 0 spiro atoms. The summed E-state index contributed by atoms with van der Waals surface area (Å²) in [5, 5.41) is 9.90. The molecule has 0 saturated heterocycles. The highest BCUT2D eigenvalue weighted by molar-refractivity contribution is 6.01. The van der Waals surface area contributed by atoms with Crippen LogP contribution in [0.5, 0.6) is 5.75 Å². The van der Waals surface area contributed by atoms with Crippen LogP contribution in [0, 0.1) is 0 Å². The minimum absolute atomic E-state index is 0.0482. The average molecular weight is 332 g/mol. The Morgan fingerprint density at radius 3 is 2.67 bits per heavy atom. The quantitative estimate of drug-likeness (QED) is 0.782. The maximum Gasteiger partial charge on any atom is 0.255 e. The number of hydrogen-bond donors (Lipinski definition) is 2. The van der Waals surface area contributed by atoms with E-state index in [1.165, 1.54) is 11.0 Å². The van der Waals surface area contributed by atoms with Gasteiger partial charge in [0.15, 0.2) is 0 Å². The molecule has 2 amide bonds. The molecule has 130 valence electrons. The molecule has 2 rings (SSSR count). The maximum absolute atomic E-state index is 12.5. The molecular formula is C18H24N2O4. The third-order valence-corrected chi connectivity index (χ3v) is 3.82. The van der Waals surface area contributed by atoms with Crippen LogP contribution >= 0.6 is 0 Å². The Hall–Kier alpha value is -2.50. The van der Waals surface area contributed by atoms with Crippen LogP contribution in [0.1, 0.15) is 49.5 Å². The van der Waals surface area contributed by atoms with Gasteiger partial charge in [0.1, 0.15) is 17.4 Å². The largest absolute Gasteiger partial charge is 0.508 e. The second-order valence-electron chi connectivity index (χ2n) is 6.95. The molecule has 3 N–H and O–H groups in total. The van der Waals surface area contributed by atoms with Crippen molar-refractivity contribution >= 4 is 11.8 Å². The Morgan fingerprint density at radius 2 is 2.12 bits per heavy atom. The van der Waals surface area contributed by atoms with E-state index >= 15 is 0 Å². The Kier molecular flexibility index (Phi) is 4.87. The molecule has 1 heterocycles. The lowest BCUT2D eigenvalue weighted by Crippen LogP contribution is -2.45. The molecule has 0 aliphatic carbocycles. The first-order valence-electron chi connectivity index (χ1n) is 7.88. The second kappa shape index (κ2) is 6.55. The number of phenols is 1. The number of fused-ring (bicyclic) bond motifs is 1. The van der Waals surface area contributed by atoms with Gasteiger partial charge in [-0.3, -0.25) is 9.59 Å². The smallest absolute Gasteiger partial charge is 0.255 e. The van der Waals surface area contributed by atoms with Crippen molar-refractivity contribution in [2.75, 3.05) is 0 Å². The summed E-state index contributed by atoms with van der Waals surface area (Å²) in [4.78, 5) is 25.8. The Bertz CT molecular complexity index is 676. The number of nitrogens with zero attached hydrogens (tertiary/aromatic N) is 1. The Balaban J connectivity index is 2.10. The molecule has 6 heteroatoms. The summed E-state index contributed by atoms with van der Waals surface area (Å²) in [7, 11) is 0. The molecule has 6 nitrogen and oxygen atoms in total. The lowest BCUT2D eigenvalue weighted by molar-refractivity contribution is -0.122. The van der Waals surface area contributed by atoms with E-state index in [1.807, 2.05) is 20.8 Å². The summed E-state index contributed by atoms with van der Waals surface area (Å²) >= 11 is 0. The predicted octanol–water partition coefficient (Wildman–Crippen LogP) is 2.31. The van der Waals surface area contributed by atoms with Gasteiger partial charge in [-0.15, -0.1) is 0 Å². The number of hydrogen-bond acceptors (Lipinski definition) is 4. The van der Waals surface area contributed by atoms with Crippen molar-refractivity contribution in [2.24, 2.45) is 5.73 Å². The number of amides is 2. The van der Waals surface area contributed by atoms with Crippen LogP contribution in [0.3, 0.4) is 0 Å². The molecule has 1 unspecified atom stereocenters. The van der Waals surface area contributed by atoms with E-state index in [-0.39, 0.29) is 23.8 Å². The number of primary amides is 1. The number of phenolic OH excluding ortho intramolecular Hbond substituents is 1. The third kappa shape index (κ3) is 3.88. The van der Waals surface area contributed by atoms with Crippen molar-refractivity contribution in [3.05, 3.63) is 41.7 Å². The first kappa shape index (κ1) is 17.8. The first-order valence-corrected chi connectivity index (χ1v) is 7.88. The summed E-state index contributed by atoms with van der Waals surface area (Å²) in [6, 6.07) is 3.99. The van der Waals surface area contributed by atoms with E-state index < -0.39 is 11.9 Å². The number of ether oxygens (including phenoxy) is 1. The highest BCUT2D eigenvalue weighted by Gasteiger charge is 2.36. The standard InChI is InChI=1S/C18H24N2O4/c1-11(24-18(2,3)4)8-9-14(16(19)22)20-10-13-12(17(20)23)6-5-7-15(13)21/h5-7,14,21H,1,8-10H2,2-4H3,(H2,19,22). The number of rotatable bonds is 6. The van der Waals surface area contributed by atoms with Crippen molar-refractivity contribution < 1.29 is 19.4 Å². The van der Waals surface area contributed by atoms with Gasteiger partial charge in [0.2, 0.25) is 5.91 Å². The zero-order valence-corrected chi connectivity index (χ0v) is 14.3. The minimum atomic E-state index is -0.774. The van der Waals surface area contributed by atoms with Crippen molar-refractivity contribution in [1.82, 2.24) is 4.90 Å². The molecule has 0 radical (unpaired) electrons. The average Bonchev–Trinajstić information content (AvgIpc) is 2.76. The van der Waals surface area contributed by atoms with Crippen molar-refractivity contribution in [3.8, 4) is 5.75 Å². The van der Waals surface area contributed by atoms with Crippen LogP contribution in [0.25, 0.3) is 0 Å². The number of carbonyl (C=O) groups excluding carboxylic acids is 2. The van der Waals surface area contributed by atoms with Gasteiger partial charge < -0.3 is 20.5 Å². The molecule has 0 saturated carbocycles. The van der Waals surface area contributed by atoms with Crippen LogP contribution in [0.2, 0.25) is 0 Å². The van der Waals surface area contributed by atoms with Gasteiger partial charge in [-0.1, -0.05) is 12.6 Å². The zero-order chi connectivity index (χ0) is 18.1. The number of nitrogens with two attached hydrogens (primary N) is 1. The fourth-order valence-electron chi connectivity index (χ4n) is 2.82. The van der Waals surface area contributed by atoms with E-state index in [4.69, 9.17) is 10.5 Å². The van der Waals surface area contributed by atoms with Gasteiger partial charge in [-0.2, -0.15) is 0 Å². The molecule has 1 aromatic carbocycles. The number of benzene rings is 1. The normalized spacial score (nSPS) is 15.1. The van der Waals surface area contributed by atoms with Crippen molar-refractivity contribution in [3.63, 3.8) is 0 Å². The SMILES string of the molecule is C=C(CCC(C(N)=O)N1Cc2c(O)cccc2C1=O)OC(C)(C)C. The molecule has 0 aromatic heterocycles. The summed E-state index contributed by atoms with van der Waals surface area (Å²) in [5.74, 6) is -0.293. The Morgan fingerprint density at radius 1 is 1.46 bits per heavy atom. The van der Waals surface area contributed by atoms with Crippen LogP contribution in [0.15, 0.2) is 30.5 Å². The predicted molar refractivity (Wildman–Crippen MR) is 90.2 cm³/mol. The molecule has 1 aliphatic rings. The van der Waals surface area contributed by atoms with Crippen LogP contribution in [0.4, 0.5) is 0 Å². The Labute approximate surface area is 141 Å². The molecule has 1 aliphatic heterocycles. The van der Waals surface area contributed by atoms with E-state index in [9.17, 15) is 14.7 Å². The molecular weight excluding hydrogens is 308 g/mol. The number of allylic oxidation sites excluding steroid dienone is 1. The maximum atomic E-state index is 12.5. The lowest BCUT2D eigenvalue weighted by Gasteiger charge is -2.27. The van der Waals surface area contributed by atoms with Crippen LogP contribution in [-0.2, 0) is 16.1 Å². The van der Waals surface area contributed by atoms with Gasteiger partial charge in [-0.05, 0) is 39.3 Å². The summed E-state index contributed by atoms with van der Waals surface area (Å²) in [6.07, 6.45) is 0.738. The number of aromatic hydroxyl groups is 1. The summed E-state index contributed by atoms with van der Waals surface area (Å²) in [5.41, 5.74) is 6.06. The van der Waals surface area contributed by atoms with Crippen molar-refractivity contribution in [2.45, 2.75) is 51.8 Å². The molecule has 0 bridgehead atoms. The lowest BCUT2D eigenvalue weighted by atomic mass is 10.1. The topological polar surface area (TPSA) is 92.9 Å². The zero-order valence-electron chi connectivity index (χ0n) is 14.3. The molecule has 1 atom stereocenters. The fraction of sp³-hybridized carbons (Fsp3) is 0.444. The summed E-state index contributed by atoms with van der Waals surface area (Å²) < 4.78 is 5.65. The summed E-state index contributed by atoms with van der Waals surface area (Å²) in [6.45, 7) is 9.75. The molecule has 1 aromatic rings. The van der Waals surface area contributed by atoms with E-state index in [0.717, 1.165) is 0 Å². The van der Waals surface area contributed by atoms with Gasteiger partial charge in [0.25, 0.3) is 5.91 Å². The first-order chi connectivity index (χ1) is 11.1. The second-order valence-corrected chi connectivity index (χ2v) is 6.95. The van der Waals surface area contributed by atoms with Crippen LogP contribution < -0.4 is 5.73 Å². The fourth-order valence-corrected chi connectivity index (χ4v) is 2.82.